The molecule has 6 unspecified atom stereocenters. The highest BCUT2D eigenvalue weighted by Crippen LogP contribution is 2.53. The Morgan fingerprint density at radius 1 is 1.10 bits per heavy atom. The number of ether oxygens (including phenoxy) is 4. The van der Waals surface area contributed by atoms with Gasteiger partial charge < -0.3 is 24.3 Å². The van der Waals surface area contributed by atoms with E-state index < -0.39 is 17.9 Å². The van der Waals surface area contributed by atoms with Crippen LogP contribution < -0.4 is 10.2 Å². The highest BCUT2D eigenvalue weighted by atomic mass is 16.7. The Balaban J connectivity index is 1.23. The molecular weight excluding hydrogens is 534 g/mol. The second-order valence-electron chi connectivity index (χ2n) is 13.8. The first-order valence-corrected chi connectivity index (χ1v) is 15.3. The van der Waals surface area contributed by atoms with Crippen molar-refractivity contribution in [2.45, 2.75) is 95.2 Å². The topological polar surface area (TPSA) is 99.2 Å². The number of anilines is 1. The van der Waals surface area contributed by atoms with Gasteiger partial charge in [-0.3, -0.25) is 19.5 Å². The van der Waals surface area contributed by atoms with Crippen LogP contribution in [0.2, 0.25) is 0 Å². The maximum Gasteiger partial charge on any atom is 0.257 e. The third-order valence-corrected chi connectivity index (χ3v) is 10.0. The average molecular weight is 576 g/mol. The molecule has 224 valence electrons. The van der Waals surface area contributed by atoms with Crippen molar-refractivity contribution in [3.8, 4) is 0 Å². The van der Waals surface area contributed by atoms with Gasteiger partial charge in [0.25, 0.3) is 5.91 Å². The van der Waals surface area contributed by atoms with E-state index in [2.05, 4.69) is 31.1 Å². The maximum absolute atomic E-state index is 14.4. The lowest BCUT2D eigenvalue weighted by molar-refractivity contribution is -0.205. The van der Waals surface area contributed by atoms with Crippen molar-refractivity contribution in [2.24, 2.45) is 17.8 Å². The van der Waals surface area contributed by atoms with Crippen LogP contribution in [0, 0.1) is 17.8 Å². The summed E-state index contributed by atoms with van der Waals surface area (Å²) < 4.78 is 24.2. The van der Waals surface area contributed by atoms with E-state index in [1.807, 2.05) is 37.3 Å². The molecule has 0 spiro atoms. The second kappa shape index (κ2) is 10.4. The van der Waals surface area contributed by atoms with Gasteiger partial charge in [0.05, 0.1) is 25.4 Å². The fourth-order valence-corrected chi connectivity index (χ4v) is 7.70. The van der Waals surface area contributed by atoms with E-state index in [1.54, 1.807) is 23.4 Å². The number of carbonyl (C=O) groups excluding carboxylic acids is 2. The molecule has 1 aromatic carbocycles. The molecule has 1 aromatic heterocycles. The smallest absolute Gasteiger partial charge is 0.257 e. The number of nitrogens with zero attached hydrogens (tertiary/aromatic N) is 2. The molecule has 1 aliphatic carbocycles. The average Bonchev–Trinajstić information content (AvgIpc) is 3.71. The Bertz CT molecular complexity index is 1320. The minimum atomic E-state index is -0.945. The van der Waals surface area contributed by atoms with Crippen LogP contribution in [0.3, 0.4) is 0 Å². The number of hydrogen-bond donors (Lipinski definition) is 1. The summed E-state index contributed by atoms with van der Waals surface area (Å²) in [6, 6.07) is 10.5. The summed E-state index contributed by atoms with van der Waals surface area (Å²) in [7, 11) is 0. The number of hydrogen-bond acceptors (Lipinski definition) is 7. The molecule has 9 nitrogen and oxygen atoms in total. The minimum absolute atomic E-state index is 0.0588. The SMILES string of the molecule is CC(C)(C)c1ccc(N(C(=O)C2CC3CCOC3O2)C(C(=O)NC2C[C@@H]3CO[C@]4(C)OC2C[C@H]34)c2cccnc2)cc1. The first-order chi connectivity index (χ1) is 20.1. The highest BCUT2D eigenvalue weighted by molar-refractivity contribution is 6.03. The summed E-state index contributed by atoms with van der Waals surface area (Å²) >= 11 is 0. The number of nitrogens with one attached hydrogen (secondary N) is 1. The van der Waals surface area contributed by atoms with Crippen molar-refractivity contribution >= 4 is 17.5 Å². The van der Waals surface area contributed by atoms with Gasteiger partial charge in [0, 0.05) is 35.5 Å². The predicted molar refractivity (Wildman–Crippen MR) is 154 cm³/mol. The molecule has 9 atom stereocenters. The predicted octanol–water partition coefficient (Wildman–Crippen LogP) is 4.26. The van der Waals surface area contributed by atoms with Gasteiger partial charge >= 0.3 is 0 Å². The standard InChI is InChI=1S/C33H41N3O6/c1-32(2,3)22-7-9-23(10-8-22)36(30(38)27-15-19-11-13-39-31(19)41-27)28(20-6-5-12-34-17-20)29(37)35-25-14-21-18-40-33(4)24(21)16-26(25)42-33/h5-10,12,17,19,21,24-28,31H,11,13-16,18H2,1-4H3,(H,35,37)/t19?,21-,24-,25?,26?,27?,28?,31?,33-/m1/s1. The third kappa shape index (κ3) is 4.84. The fourth-order valence-electron chi connectivity index (χ4n) is 7.70. The van der Waals surface area contributed by atoms with Crippen molar-refractivity contribution in [3.05, 3.63) is 59.9 Å². The van der Waals surface area contributed by atoms with E-state index >= 15 is 0 Å². The van der Waals surface area contributed by atoms with E-state index in [-0.39, 0.29) is 41.6 Å². The quantitative estimate of drug-likeness (QED) is 0.550. The number of fused-ring (bicyclic) bond motifs is 2. The molecule has 5 aliphatic rings. The molecule has 42 heavy (non-hydrogen) atoms. The van der Waals surface area contributed by atoms with Crippen LogP contribution in [0.4, 0.5) is 5.69 Å². The van der Waals surface area contributed by atoms with Gasteiger partial charge in [-0.05, 0) is 67.7 Å². The molecule has 7 rings (SSSR count). The van der Waals surface area contributed by atoms with Gasteiger partial charge in [-0.25, -0.2) is 0 Å². The normalized spacial score (nSPS) is 35.6. The van der Waals surface area contributed by atoms with Gasteiger partial charge in [-0.1, -0.05) is 39.0 Å². The van der Waals surface area contributed by atoms with E-state index in [0.717, 1.165) is 24.8 Å². The Morgan fingerprint density at radius 3 is 2.62 bits per heavy atom. The maximum atomic E-state index is 14.4. The van der Waals surface area contributed by atoms with Crippen molar-refractivity contribution < 1.29 is 28.5 Å². The van der Waals surface area contributed by atoms with Gasteiger partial charge in [0.15, 0.2) is 12.1 Å². The van der Waals surface area contributed by atoms with Gasteiger partial charge in [-0.2, -0.15) is 0 Å². The first kappa shape index (κ1) is 28.0. The number of pyridine rings is 1. The molecular formula is C33H41N3O6. The number of aromatic nitrogens is 1. The zero-order chi connectivity index (χ0) is 29.2. The third-order valence-electron chi connectivity index (χ3n) is 10.0. The molecule has 1 N–H and O–H groups in total. The minimum Gasteiger partial charge on any atom is -0.352 e. The molecule has 9 heteroatoms. The van der Waals surface area contributed by atoms with Gasteiger partial charge in [-0.15, -0.1) is 0 Å². The monoisotopic (exact) mass is 575 g/mol. The fraction of sp³-hybridized carbons (Fsp3) is 0.606. The summed E-state index contributed by atoms with van der Waals surface area (Å²) in [6.45, 7) is 9.76. The van der Waals surface area contributed by atoms with E-state index in [4.69, 9.17) is 18.9 Å². The molecule has 5 heterocycles. The van der Waals surface area contributed by atoms with E-state index in [9.17, 15) is 9.59 Å². The molecule has 4 saturated heterocycles. The van der Waals surface area contributed by atoms with E-state index in [0.29, 0.717) is 42.7 Å². The number of carbonyl (C=O) groups is 2. The number of benzene rings is 1. The Labute approximate surface area is 247 Å². The zero-order valence-electron chi connectivity index (χ0n) is 24.8. The lowest BCUT2D eigenvalue weighted by Gasteiger charge is -2.37. The summed E-state index contributed by atoms with van der Waals surface area (Å²) in [6.07, 6.45) is 5.24. The zero-order valence-corrected chi connectivity index (χ0v) is 24.8. The summed E-state index contributed by atoms with van der Waals surface area (Å²) in [5.41, 5.74) is 2.35. The number of rotatable bonds is 6. The first-order valence-electron chi connectivity index (χ1n) is 15.3. The van der Waals surface area contributed by atoms with Crippen molar-refractivity contribution in [1.29, 1.82) is 0 Å². The van der Waals surface area contributed by atoms with Crippen LogP contribution >= 0.6 is 0 Å². The molecule has 2 aromatic rings. The van der Waals surface area contributed by atoms with Crippen molar-refractivity contribution in [2.75, 3.05) is 18.1 Å². The Morgan fingerprint density at radius 2 is 1.90 bits per heavy atom. The summed E-state index contributed by atoms with van der Waals surface area (Å²) in [5.74, 6) is -0.208. The van der Waals surface area contributed by atoms with Crippen LogP contribution in [0.1, 0.15) is 70.5 Å². The summed E-state index contributed by atoms with van der Waals surface area (Å²) in [4.78, 5) is 34.8. The largest absolute Gasteiger partial charge is 0.352 e. The highest BCUT2D eigenvalue weighted by Gasteiger charge is 2.60. The summed E-state index contributed by atoms with van der Waals surface area (Å²) in [5, 5.41) is 3.31. The molecule has 4 aliphatic heterocycles. The van der Waals surface area contributed by atoms with Crippen LogP contribution in [0.15, 0.2) is 48.8 Å². The second-order valence-corrected chi connectivity index (χ2v) is 13.8. The molecule has 2 amide bonds. The molecule has 2 bridgehead atoms. The van der Waals surface area contributed by atoms with Crippen LogP contribution in [-0.4, -0.2) is 60.3 Å². The van der Waals surface area contributed by atoms with Gasteiger partial charge in [0.1, 0.15) is 12.1 Å². The van der Waals surface area contributed by atoms with Crippen molar-refractivity contribution in [3.63, 3.8) is 0 Å². The van der Waals surface area contributed by atoms with Crippen LogP contribution in [0.25, 0.3) is 0 Å². The lowest BCUT2D eigenvalue weighted by Crippen LogP contribution is -2.53. The van der Waals surface area contributed by atoms with Crippen molar-refractivity contribution in [1.82, 2.24) is 10.3 Å². The Kier molecular flexibility index (Phi) is 6.92. The van der Waals surface area contributed by atoms with Crippen LogP contribution in [-0.2, 0) is 34.0 Å². The lowest BCUT2D eigenvalue weighted by atomic mass is 9.76. The van der Waals surface area contributed by atoms with E-state index in [1.165, 1.54) is 0 Å². The molecule has 0 radical (unpaired) electrons. The molecule has 5 fully saturated rings. The number of amides is 2. The van der Waals surface area contributed by atoms with Crippen LogP contribution in [0.5, 0.6) is 0 Å². The van der Waals surface area contributed by atoms with Gasteiger partial charge in [0.2, 0.25) is 5.91 Å². The molecule has 1 saturated carbocycles. The Hall–Kier alpha value is -2.85.